The second-order valence-electron chi connectivity index (χ2n) is 6.31. The molecular weight excluding hydrogens is 480 g/mol. The first-order valence-corrected chi connectivity index (χ1v) is 11.4. The van der Waals surface area contributed by atoms with E-state index in [1.165, 1.54) is 11.8 Å². The van der Waals surface area contributed by atoms with Gasteiger partial charge < -0.3 is 19.4 Å². The maximum atomic E-state index is 12.5. The van der Waals surface area contributed by atoms with E-state index in [1.54, 1.807) is 19.3 Å². The van der Waals surface area contributed by atoms with Gasteiger partial charge >= 0.3 is 0 Å². The summed E-state index contributed by atoms with van der Waals surface area (Å²) in [6.07, 6.45) is 1.78. The van der Waals surface area contributed by atoms with Crippen molar-refractivity contribution in [1.29, 1.82) is 0 Å². The summed E-state index contributed by atoms with van der Waals surface area (Å²) >= 11 is 4.93. The van der Waals surface area contributed by atoms with Crippen LogP contribution < -0.4 is 14.8 Å². The summed E-state index contributed by atoms with van der Waals surface area (Å²) in [6.45, 7) is 5.10. The van der Waals surface area contributed by atoms with Crippen molar-refractivity contribution >= 4 is 33.6 Å². The van der Waals surface area contributed by atoms with Gasteiger partial charge in [-0.25, -0.2) is 0 Å². The number of amides is 1. The molecule has 3 aromatic rings. The van der Waals surface area contributed by atoms with E-state index >= 15 is 0 Å². The SMILES string of the molecule is C=CCn1c(CNC(=O)c2ccccc2Br)nnc1SCCOc1ccccc1OC. The summed E-state index contributed by atoms with van der Waals surface area (Å²) in [4.78, 5) is 12.5. The highest BCUT2D eigenvalue weighted by molar-refractivity contribution is 9.10. The van der Waals surface area contributed by atoms with Gasteiger partial charge in [-0.2, -0.15) is 0 Å². The van der Waals surface area contributed by atoms with E-state index in [1.807, 2.05) is 47.0 Å². The number of ether oxygens (including phenoxy) is 2. The highest BCUT2D eigenvalue weighted by Gasteiger charge is 2.14. The van der Waals surface area contributed by atoms with Crippen LogP contribution in [0.1, 0.15) is 16.2 Å². The van der Waals surface area contributed by atoms with Gasteiger partial charge in [0.15, 0.2) is 22.5 Å². The molecular formula is C22H23BrN4O3S. The fourth-order valence-corrected chi connectivity index (χ4v) is 4.04. The number of methoxy groups -OCH3 is 1. The predicted molar refractivity (Wildman–Crippen MR) is 125 cm³/mol. The highest BCUT2D eigenvalue weighted by Crippen LogP contribution is 2.26. The van der Waals surface area contributed by atoms with Crippen LogP contribution in [0.3, 0.4) is 0 Å². The molecule has 0 radical (unpaired) electrons. The number of carbonyl (C=O) groups excluding carboxylic acids is 1. The first-order valence-electron chi connectivity index (χ1n) is 9.58. The van der Waals surface area contributed by atoms with Crippen molar-refractivity contribution in [2.45, 2.75) is 18.2 Å². The quantitative estimate of drug-likeness (QED) is 0.238. The third-order valence-electron chi connectivity index (χ3n) is 4.27. The molecule has 9 heteroatoms. The molecule has 0 saturated carbocycles. The summed E-state index contributed by atoms with van der Waals surface area (Å²) in [6, 6.07) is 14.8. The Labute approximate surface area is 194 Å². The van der Waals surface area contributed by atoms with Crippen molar-refractivity contribution in [3.63, 3.8) is 0 Å². The monoisotopic (exact) mass is 502 g/mol. The van der Waals surface area contributed by atoms with Gasteiger partial charge in [0.2, 0.25) is 0 Å². The molecule has 1 heterocycles. The summed E-state index contributed by atoms with van der Waals surface area (Å²) in [5.74, 6) is 2.56. The van der Waals surface area contributed by atoms with Crippen molar-refractivity contribution in [2.24, 2.45) is 0 Å². The van der Waals surface area contributed by atoms with Crippen LogP contribution in [0.5, 0.6) is 11.5 Å². The number of allylic oxidation sites excluding steroid dienone is 1. The van der Waals surface area contributed by atoms with E-state index in [4.69, 9.17) is 9.47 Å². The molecule has 31 heavy (non-hydrogen) atoms. The number of nitrogens with zero attached hydrogens (tertiary/aromatic N) is 3. The standard InChI is InChI=1S/C22H23BrN4O3S/c1-3-12-27-20(15-24-21(28)16-8-4-5-9-17(16)23)25-26-22(27)31-14-13-30-19-11-7-6-10-18(19)29-2/h3-11H,1,12-15H2,2H3,(H,24,28). The largest absolute Gasteiger partial charge is 0.493 e. The van der Waals surface area contributed by atoms with Gasteiger partial charge in [0.1, 0.15) is 0 Å². The summed E-state index contributed by atoms with van der Waals surface area (Å²) in [5.41, 5.74) is 0.570. The molecule has 3 rings (SSSR count). The Morgan fingerprint density at radius 1 is 1.19 bits per heavy atom. The lowest BCUT2D eigenvalue weighted by molar-refractivity contribution is 0.0948. The molecule has 2 aromatic carbocycles. The molecule has 0 saturated heterocycles. The molecule has 1 aromatic heterocycles. The number of thioether (sulfide) groups is 1. The Balaban J connectivity index is 1.57. The van der Waals surface area contributed by atoms with Gasteiger partial charge in [0.05, 0.1) is 25.8 Å². The van der Waals surface area contributed by atoms with Crippen LogP contribution in [0.4, 0.5) is 0 Å². The number of hydrogen-bond donors (Lipinski definition) is 1. The number of rotatable bonds is 11. The van der Waals surface area contributed by atoms with Crippen molar-refractivity contribution in [1.82, 2.24) is 20.1 Å². The van der Waals surface area contributed by atoms with E-state index in [9.17, 15) is 4.79 Å². The average Bonchev–Trinajstić information content (AvgIpc) is 3.17. The number of aromatic nitrogens is 3. The number of carbonyl (C=O) groups is 1. The number of nitrogens with one attached hydrogen (secondary N) is 1. The summed E-state index contributed by atoms with van der Waals surface area (Å²) < 4.78 is 13.8. The van der Waals surface area contributed by atoms with Crippen molar-refractivity contribution in [3.8, 4) is 11.5 Å². The molecule has 1 amide bonds. The van der Waals surface area contributed by atoms with Crippen LogP contribution in [0.25, 0.3) is 0 Å². The third kappa shape index (κ3) is 6.11. The minimum absolute atomic E-state index is 0.181. The van der Waals surface area contributed by atoms with Gasteiger partial charge in [-0.15, -0.1) is 16.8 Å². The second-order valence-corrected chi connectivity index (χ2v) is 8.22. The Morgan fingerprint density at radius 2 is 1.94 bits per heavy atom. The van der Waals surface area contributed by atoms with Gasteiger partial charge in [-0.05, 0) is 40.2 Å². The molecule has 0 fully saturated rings. The fraction of sp³-hybridized carbons (Fsp3) is 0.227. The van der Waals surface area contributed by atoms with Crippen LogP contribution in [0.15, 0.2) is 70.8 Å². The van der Waals surface area contributed by atoms with Gasteiger partial charge in [0, 0.05) is 16.8 Å². The fourth-order valence-electron chi connectivity index (χ4n) is 2.79. The zero-order chi connectivity index (χ0) is 22.1. The van der Waals surface area contributed by atoms with Crippen molar-refractivity contribution in [2.75, 3.05) is 19.5 Å². The molecule has 7 nitrogen and oxygen atoms in total. The van der Waals surface area contributed by atoms with E-state index in [0.29, 0.717) is 41.8 Å². The van der Waals surface area contributed by atoms with Gasteiger partial charge in [0.25, 0.3) is 5.91 Å². The molecule has 0 atom stereocenters. The Morgan fingerprint density at radius 3 is 2.68 bits per heavy atom. The van der Waals surface area contributed by atoms with Crippen LogP contribution >= 0.6 is 27.7 Å². The minimum atomic E-state index is -0.181. The highest BCUT2D eigenvalue weighted by atomic mass is 79.9. The number of halogens is 1. The normalized spacial score (nSPS) is 10.5. The van der Waals surface area contributed by atoms with E-state index < -0.39 is 0 Å². The molecule has 0 aliphatic rings. The molecule has 0 aliphatic carbocycles. The maximum absolute atomic E-state index is 12.5. The first kappa shape index (κ1) is 22.9. The average molecular weight is 503 g/mol. The molecule has 1 N–H and O–H groups in total. The van der Waals surface area contributed by atoms with Crippen LogP contribution in [0, 0.1) is 0 Å². The van der Waals surface area contributed by atoms with Gasteiger partial charge in [-0.3, -0.25) is 4.79 Å². The zero-order valence-corrected chi connectivity index (χ0v) is 19.5. The Hall–Kier alpha value is -2.78. The van der Waals surface area contributed by atoms with E-state index in [2.05, 4.69) is 38.0 Å². The van der Waals surface area contributed by atoms with E-state index in [0.717, 1.165) is 9.63 Å². The predicted octanol–water partition coefficient (Wildman–Crippen LogP) is 4.34. The molecule has 0 bridgehead atoms. The lowest BCUT2D eigenvalue weighted by Crippen LogP contribution is -2.25. The molecule has 0 aliphatic heterocycles. The number of benzene rings is 2. The van der Waals surface area contributed by atoms with Crippen LogP contribution in [0.2, 0.25) is 0 Å². The number of hydrogen-bond acceptors (Lipinski definition) is 6. The van der Waals surface area contributed by atoms with Crippen LogP contribution in [-0.2, 0) is 13.1 Å². The van der Waals surface area contributed by atoms with Crippen molar-refractivity contribution < 1.29 is 14.3 Å². The Bertz CT molecular complexity index is 1040. The molecule has 0 spiro atoms. The zero-order valence-electron chi connectivity index (χ0n) is 17.1. The minimum Gasteiger partial charge on any atom is -0.493 e. The topological polar surface area (TPSA) is 78.3 Å². The Kier molecular flexibility index (Phi) is 8.54. The molecule has 162 valence electrons. The van der Waals surface area contributed by atoms with Crippen LogP contribution in [-0.4, -0.2) is 40.1 Å². The summed E-state index contributed by atoms with van der Waals surface area (Å²) in [5, 5.41) is 12.2. The maximum Gasteiger partial charge on any atom is 0.252 e. The smallest absolute Gasteiger partial charge is 0.252 e. The first-order chi connectivity index (χ1) is 15.1. The number of para-hydroxylation sites is 2. The lowest BCUT2D eigenvalue weighted by atomic mass is 10.2. The van der Waals surface area contributed by atoms with E-state index in [-0.39, 0.29) is 12.5 Å². The third-order valence-corrected chi connectivity index (χ3v) is 5.89. The van der Waals surface area contributed by atoms with Gasteiger partial charge in [-0.1, -0.05) is 42.1 Å². The summed E-state index contributed by atoms with van der Waals surface area (Å²) in [7, 11) is 1.62. The molecule has 0 unspecified atom stereocenters. The second kappa shape index (κ2) is 11.6. The lowest BCUT2D eigenvalue weighted by Gasteiger charge is -2.11. The van der Waals surface area contributed by atoms with Crippen molar-refractivity contribution in [3.05, 3.63) is 77.0 Å².